The molecule has 0 N–H and O–H groups in total. The summed E-state index contributed by atoms with van der Waals surface area (Å²) in [6, 6.07) is 12.2. The van der Waals surface area contributed by atoms with E-state index < -0.39 is 10.0 Å². The molecule has 0 aliphatic heterocycles. The monoisotopic (exact) mass is 335 g/mol. The van der Waals surface area contributed by atoms with Crippen LogP contribution in [0.1, 0.15) is 12.5 Å². The summed E-state index contributed by atoms with van der Waals surface area (Å²) in [4.78, 5) is 0.129. The molecule has 6 heteroatoms. The summed E-state index contributed by atoms with van der Waals surface area (Å²) in [6.45, 7) is 3.89. The van der Waals surface area contributed by atoms with Crippen LogP contribution in [-0.2, 0) is 10.0 Å². The van der Waals surface area contributed by atoms with E-state index in [1.807, 2.05) is 18.2 Å². The van der Waals surface area contributed by atoms with E-state index in [1.54, 1.807) is 32.0 Å². The van der Waals surface area contributed by atoms with Crippen molar-refractivity contribution in [2.45, 2.75) is 18.7 Å². The van der Waals surface area contributed by atoms with Crippen LogP contribution in [0.5, 0.6) is 11.5 Å². The number of sulfonamides is 1. The summed E-state index contributed by atoms with van der Waals surface area (Å²) >= 11 is 0. The number of rotatable bonds is 6. The van der Waals surface area contributed by atoms with E-state index in [-0.39, 0.29) is 4.90 Å². The fourth-order valence-corrected chi connectivity index (χ4v) is 4.22. The lowest BCUT2D eigenvalue weighted by atomic mass is 10.2. The third-order valence-electron chi connectivity index (χ3n) is 3.64. The molecular formula is C17H21NO4S. The maximum absolute atomic E-state index is 13.1. The third-order valence-corrected chi connectivity index (χ3v) is 5.57. The molecule has 2 aromatic carbocycles. The number of benzene rings is 2. The molecule has 0 radical (unpaired) electrons. The highest BCUT2D eigenvalue weighted by Crippen LogP contribution is 2.36. The highest BCUT2D eigenvalue weighted by molar-refractivity contribution is 7.93. The Morgan fingerprint density at radius 3 is 2.17 bits per heavy atom. The van der Waals surface area contributed by atoms with Gasteiger partial charge in [0.05, 0.1) is 19.9 Å². The molecule has 2 rings (SSSR count). The molecule has 23 heavy (non-hydrogen) atoms. The van der Waals surface area contributed by atoms with Gasteiger partial charge in [0.1, 0.15) is 16.4 Å². The second-order valence-corrected chi connectivity index (χ2v) is 6.76. The molecular weight excluding hydrogens is 314 g/mol. The Morgan fingerprint density at radius 1 is 1.00 bits per heavy atom. The molecule has 0 bridgehead atoms. The Morgan fingerprint density at radius 2 is 1.65 bits per heavy atom. The van der Waals surface area contributed by atoms with Gasteiger partial charge in [-0.05, 0) is 38.1 Å². The smallest absolute Gasteiger partial charge is 0.268 e. The van der Waals surface area contributed by atoms with Gasteiger partial charge in [-0.25, -0.2) is 8.42 Å². The van der Waals surface area contributed by atoms with Gasteiger partial charge < -0.3 is 9.47 Å². The predicted octanol–water partition coefficient (Wildman–Crippen LogP) is 3.23. The fourth-order valence-electron chi connectivity index (χ4n) is 2.53. The lowest BCUT2D eigenvalue weighted by molar-refractivity contribution is 0.380. The topological polar surface area (TPSA) is 55.8 Å². The van der Waals surface area contributed by atoms with Crippen LogP contribution in [0.4, 0.5) is 5.69 Å². The van der Waals surface area contributed by atoms with Crippen LogP contribution in [0.25, 0.3) is 0 Å². The van der Waals surface area contributed by atoms with Gasteiger partial charge >= 0.3 is 0 Å². The number of hydrogen-bond donors (Lipinski definition) is 0. The van der Waals surface area contributed by atoms with Gasteiger partial charge in [-0.2, -0.15) is 0 Å². The third kappa shape index (κ3) is 3.12. The summed E-state index contributed by atoms with van der Waals surface area (Å²) in [5, 5.41) is 0. The van der Waals surface area contributed by atoms with Gasteiger partial charge in [-0.3, -0.25) is 4.31 Å². The molecule has 0 heterocycles. The van der Waals surface area contributed by atoms with Crippen molar-refractivity contribution in [2.75, 3.05) is 25.1 Å². The first-order valence-electron chi connectivity index (χ1n) is 7.26. The van der Waals surface area contributed by atoms with Gasteiger partial charge in [0.15, 0.2) is 0 Å². The minimum atomic E-state index is -3.74. The lowest BCUT2D eigenvalue weighted by Gasteiger charge is -2.24. The van der Waals surface area contributed by atoms with Crippen LogP contribution in [0, 0.1) is 6.92 Å². The molecule has 0 saturated heterocycles. The molecule has 2 aromatic rings. The van der Waals surface area contributed by atoms with Crippen LogP contribution >= 0.6 is 0 Å². The Balaban J connectivity index is 2.61. The van der Waals surface area contributed by atoms with Crippen molar-refractivity contribution in [1.82, 2.24) is 0 Å². The van der Waals surface area contributed by atoms with E-state index in [4.69, 9.17) is 9.47 Å². The number of hydrogen-bond acceptors (Lipinski definition) is 4. The second-order valence-electron chi connectivity index (χ2n) is 4.93. The van der Waals surface area contributed by atoms with Crippen LogP contribution < -0.4 is 13.8 Å². The average molecular weight is 335 g/mol. The fraction of sp³-hybridized carbons (Fsp3) is 0.294. The summed E-state index contributed by atoms with van der Waals surface area (Å²) in [5.74, 6) is 0.891. The van der Waals surface area contributed by atoms with E-state index in [0.717, 1.165) is 0 Å². The lowest BCUT2D eigenvalue weighted by Crippen LogP contribution is -2.31. The normalized spacial score (nSPS) is 11.1. The van der Waals surface area contributed by atoms with Crippen molar-refractivity contribution >= 4 is 15.7 Å². The number of nitrogens with zero attached hydrogens (tertiary/aromatic N) is 1. The van der Waals surface area contributed by atoms with Crippen molar-refractivity contribution in [3.63, 3.8) is 0 Å². The summed E-state index contributed by atoms with van der Waals surface area (Å²) in [6.07, 6.45) is 0. The number of ether oxygens (including phenoxy) is 2. The standard InChI is InChI=1S/C17H21NO4S/c1-5-18(14-9-7-6-8-10-14)23(19,20)16-12-11-15(21-3)13(2)17(16)22-4/h6-12H,5H2,1-4H3. The predicted molar refractivity (Wildman–Crippen MR) is 90.9 cm³/mol. The zero-order valence-corrected chi connectivity index (χ0v) is 14.6. The van der Waals surface area contributed by atoms with Crippen molar-refractivity contribution in [3.8, 4) is 11.5 Å². The first-order valence-corrected chi connectivity index (χ1v) is 8.70. The Labute approximate surface area is 137 Å². The maximum atomic E-state index is 13.1. The van der Waals surface area contributed by atoms with E-state index in [0.29, 0.717) is 29.3 Å². The molecule has 0 aromatic heterocycles. The van der Waals surface area contributed by atoms with E-state index >= 15 is 0 Å². The Hall–Kier alpha value is -2.21. The Kier molecular flexibility index (Phi) is 5.15. The van der Waals surface area contributed by atoms with Gasteiger partial charge in [0.25, 0.3) is 10.0 Å². The van der Waals surface area contributed by atoms with Gasteiger partial charge in [0.2, 0.25) is 0 Å². The van der Waals surface area contributed by atoms with Crippen LogP contribution in [0.3, 0.4) is 0 Å². The second kappa shape index (κ2) is 6.91. The van der Waals surface area contributed by atoms with Gasteiger partial charge in [-0.15, -0.1) is 0 Å². The van der Waals surface area contributed by atoms with Crippen LogP contribution in [-0.4, -0.2) is 29.2 Å². The van der Waals surface area contributed by atoms with Gasteiger partial charge in [-0.1, -0.05) is 18.2 Å². The minimum Gasteiger partial charge on any atom is -0.496 e. The molecule has 0 aliphatic rings. The summed E-state index contributed by atoms with van der Waals surface area (Å²) in [5.41, 5.74) is 1.27. The summed E-state index contributed by atoms with van der Waals surface area (Å²) in [7, 11) is -0.744. The molecule has 0 atom stereocenters. The van der Waals surface area contributed by atoms with E-state index in [2.05, 4.69) is 0 Å². The van der Waals surface area contributed by atoms with Crippen molar-refractivity contribution < 1.29 is 17.9 Å². The number of para-hydroxylation sites is 1. The van der Waals surface area contributed by atoms with Crippen molar-refractivity contribution in [1.29, 1.82) is 0 Å². The first kappa shape index (κ1) is 17.1. The quantitative estimate of drug-likeness (QED) is 0.813. The molecule has 5 nitrogen and oxygen atoms in total. The molecule has 124 valence electrons. The highest BCUT2D eigenvalue weighted by atomic mass is 32.2. The molecule has 0 aliphatic carbocycles. The van der Waals surface area contributed by atoms with Crippen LogP contribution in [0.15, 0.2) is 47.4 Å². The zero-order chi connectivity index (χ0) is 17.0. The van der Waals surface area contributed by atoms with Gasteiger partial charge in [0, 0.05) is 12.1 Å². The number of anilines is 1. The average Bonchev–Trinajstić information content (AvgIpc) is 2.55. The van der Waals surface area contributed by atoms with E-state index in [1.165, 1.54) is 24.6 Å². The maximum Gasteiger partial charge on any atom is 0.268 e. The molecule has 0 saturated carbocycles. The SMILES string of the molecule is CCN(c1ccccc1)S(=O)(=O)c1ccc(OC)c(C)c1OC. The van der Waals surface area contributed by atoms with E-state index in [9.17, 15) is 8.42 Å². The van der Waals surface area contributed by atoms with Crippen molar-refractivity contribution in [3.05, 3.63) is 48.0 Å². The van der Waals surface area contributed by atoms with Crippen LogP contribution in [0.2, 0.25) is 0 Å². The summed E-state index contributed by atoms with van der Waals surface area (Å²) < 4.78 is 38.1. The Bertz CT molecular complexity index is 773. The molecule has 0 unspecified atom stereocenters. The largest absolute Gasteiger partial charge is 0.496 e. The molecule has 0 amide bonds. The minimum absolute atomic E-state index is 0.129. The highest BCUT2D eigenvalue weighted by Gasteiger charge is 2.28. The van der Waals surface area contributed by atoms with Crippen molar-refractivity contribution in [2.24, 2.45) is 0 Å². The first-order chi connectivity index (χ1) is 11.0. The molecule has 0 fully saturated rings. The zero-order valence-electron chi connectivity index (χ0n) is 13.7. The number of methoxy groups -OCH3 is 2. The molecule has 0 spiro atoms.